The minimum Gasteiger partial charge on any atom is -0.336 e. The first-order valence-corrected chi connectivity index (χ1v) is 12.1. The van der Waals surface area contributed by atoms with Gasteiger partial charge in [-0.25, -0.2) is 8.42 Å². The third-order valence-corrected chi connectivity index (χ3v) is 7.78. The van der Waals surface area contributed by atoms with E-state index < -0.39 is 10.0 Å². The number of nitrogens with zero attached hydrogens (tertiary/aromatic N) is 2. The number of hydrogen-bond donors (Lipinski definition) is 1. The maximum absolute atomic E-state index is 13.1. The van der Waals surface area contributed by atoms with Gasteiger partial charge in [-0.2, -0.15) is 4.31 Å². The van der Waals surface area contributed by atoms with Gasteiger partial charge in [-0.05, 0) is 41.8 Å². The summed E-state index contributed by atoms with van der Waals surface area (Å²) in [4.78, 5) is 27.2. The van der Waals surface area contributed by atoms with Gasteiger partial charge in [-0.3, -0.25) is 9.59 Å². The van der Waals surface area contributed by atoms with E-state index in [0.717, 1.165) is 0 Å². The lowest BCUT2D eigenvalue weighted by Crippen LogP contribution is -2.50. The predicted molar refractivity (Wildman–Crippen MR) is 120 cm³/mol. The molecule has 1 saturated heterocycles. The van der Waals surface area contributed by atoms with Crippen molar-refractivity contribution in [3.05, 3.63) is 82.6 Å². The summed E-state index contributed by atoms with van der Waals surface area (Å²) in [6, 6.07) is 18.7. The second-order valence-corrected chi connectivity index (χ2v) is 9.91. The summed E-state index contributed by atoms with van der Waals surface area (Å²) < 4.78 is 27.6. The number of amides is 2. The summed E-state index contributed by atoms with van der Waals surface area (Å²) in [6.07, 6.45) is 0. The van der Waals surface area contributed by atoms with Crippen molar-refractivity contribution in [3.63, 3.8) is 0 Å². The van der Waals surface area contributed by atoms with Gasteiger partial charge in [-0.1, -0.05) is 30.3 Å². The van der Waals surface area contributed by atoms with Gasteiger partial charge in [-0.15, -0.1) is 11.3 Å². The quantitative estimate of drug-likeness (QED) is 0.640. The maximum Gasteiger partial charge on any atom is 0.265 e. The average molecular weight is 456 g/mol. The lowest BCUT2D eigenvalue weighted by molar-refractivity contribution is 0.0698. The molecule has 1 fully saturated rings. The molecule has 160 valence electrons. The first-order valence-electron chi connectivity index (χ1n) is 9.74. The molecule has 2 amide bonds. The molecular weight excluding hydrogens is 434 g/mol. The summed E-state index contributed by atoms with van der Waals surface area (Å²) in [7, 11) is -3.74. The number of sulfonamides is 1. The predicted octanol–water partition coefficient (Wildman–Crippen LogP) is 3.15. The molecule has 0 unspecified atom stereocenters. The highest BCUT2D eigenvalue weighted by atomic mass is 32.2. The SMILES string of the molecule is O=C(Nc1cccc(S(=O)(=O)N2CCN(C(=O)c3ccccc3)CC2)c1)c1cccs1. The molecule has 0 radical (unpaired) electrons. The van der Waals surface area contributed by atoms with E-state index in [1.54, 1.807) is 58.8 Å². The van der Waals surface area contributed by atoms with Gasteiger partial charge in [0.15, 0.2) is 0 Å². The van der Waals surface area contributed by atoms with Crippen LogP contribution in [0.4, 0.5) is 5.69 Å². The van der Waals surface area contributed by atoms with Crippen LogP contribution in [0.15, 0.2) is 77.0 Å². The van der Waals surface area contributed by atoms with Crippen LogP contribution in [0.3, 0.4) is 0 Å². The molecule has 0 aliphatic carbocycles. The van der Waals surface area contributed by atoms with E-state index in [-0.39, 0.29) is 29.8 Å². The molecule has 0 saturated carbocycles. The minimum absolute atomic E-state index is 0.101. The number of carbonyl (C=O) groups is 2. The Hall–Kier alpha value is -3.01. The second-order valence-electron chi connectivity index (χ2n) is 7.02. The third kappa shape index (κ3) is 4.68. The largest absolute Gasteiger partial charge is 0.336 e. The molecule has 0 atom stereocenters. The number of piperazine rings is 1. The fraction of sp³-hybridized carbons (Fsp3) is 0.182. The number of thiophene rings is 1. The van der Waals surface area contributed by atoms with Crippen LogP contribution in [0.25, 0.3) is 0 Å². The Morgan fingerprint density at radius 1 is 0.871 bits per heavy atom. The standard InChI is InChI=1S/C22H21N3O4S2/c26-21(20-10-5-15-30-20)23-18-8-4-9-19(16-18)31(28,29)25-13-11-24(12-14-25)22(27)17-6-2-1-3-7-17/h1-10,15-16H,11-14H2,(H,23,26). The lowest BCUT2D eigenvalue weighted by Gasteiger charge is -2.34. The average Bonchev–Trinajstić information content (AvgIpc) is 3.35. The van der Waals surface area contributed by atoms with E-state index in [1.165, 1.54) is 27.8 Å². The summed E-state index contributed by atoms with van der Waals surface area (Å²) in [5, 5.41) is 4.54. The Labute approximate surface area is 185 Å². The molecule has 1 aromatic heterocycles. The summed E-state index contributed by atoms with van der Waals surface area (Å²) in [5.41, 5.74) is 1.00. The van der Waals surface area contributed by atoms with Gasteiger partial charge in [0.25, 0.3) is 11.8 Å². The van der Waals surface area contributed by atoms with Crippen LogP contribution in [0, 0.1) is 0 Å². The Balaban J connectivity index is 1.43. The molecule has 9 heteroatoms. The highest BCUT2D eigenvalue weighted by molar-refractivity contribution is 7.89. The normalized spacial score (nSPS) is 14.9. The zero-order valence-electron chi connectivity index (χ0n) is 16.6. The Kier molecular flexibility index (Phi) is 6.17. The molecule has 7 nitrogen and oxygen atoms in total. The van der Waals surface area contributed by atoms with Gasteiger partial charge in [0.2, 0.25) is 10.0 Å². The Morgan fingerprint density at radius 2 is 1.61 bits per heavy atom. The monoisotopic (exact) mass is 455 g/mol. The van der Waals surface area contributed by atoms with Crippen LogP contribution in [0.5, 0.6) is 0 Å². The van der Waals surface area contributed by atoms with Crippen molar-refractivity contribution >= 4 is 38.9 Å². The molecule has 0 bridgehead atoms. The number of nitrogens with one attached hydrogen (secondary N) is 1. The Morgan fingerprint density at radius 3 is 2.29 bits per heavy atom. The number of hydrogen-bond acceptors (Lipinski definition) is 5. The molecule has 2 heterocycles. The summed E-state index contributed by atoms with van der Waals surface area (Å²) >= 11 is 1.31. The van der Waals surface area contributed by atoms with E-state index in [9.17, 15) is 18.0 Å². The number of anilines is 1. The molecule has 0 spiro atoms. The van der Waals surface area contributed by atoms with Crippen LogP contribution < -0.4 is 5.32 Å². The Bertz CT molecular complexity index is 1170. The fourth-order valence-corrected chi connectivity index (χ4v) is 5.47. The van der Waals surface area contributed by atoms with Crippen LogP contribution in [0.2, 0.25) is 0 Å². The number of carbonyl (C=O) groups excluding carboxylic acids is 2. The van der Waals surface area contributed by atoms with Crippen molar-refractivity contribution in [2.45, 2.75) is 4.90 Å². The van der Waals surface area contributed by atoms with E-state index >= 15 is 0 Å². The zero-order valence-corrected chi connectivity index (χ0v) is 18.2. The van der Waals surface area contributed by atoms with Gasteiger partial charge in [0.1, 0.15) is 0 Å². The van der Waals surface area contributed by atoms with E-state index in [2.05, 4.69) is 5.32 Å². The maximum atomic E-state index is 13.1. The van der Waals surface area contributed by atoms with Crippen molar-refractivity contribution in [1.82, 2.24) is 9.21 Å². The lowest BCUT2D eigenvalue weighted by atomic mass is 10.2. The highest BCUT2D eigenvalue weighted by Gasteiger charge is 2.30. The van der Waals surface area contributed by atoms with E-state index in [1.807, 2.05) is 6.07 Å². The topological polar surface area (TPSA) is 86.8 Å². The fourth-order valence-electron chi connectivity index (χ4n) is 3.38. The summed E-state index contributed by atoms with van der Waals surface area (Å²) in [6.45, 7) is 1.07. The van der Waals surface area contributed by atoms with E-state index in [0.29, 0.717) is 29.2 Å². The molecule has 1 N–H and O–H groups in total. The van der Waals surface area contributed by atoms with Crippen LogP contribution in [0.1, 0.15) is 20.0 Å². The minimum atomic E-state index is -3.74. The smallest absolute Gasteiger partial charge is 0.265 e. The first kappa shape index (κ1) is 21.2. The molecular formula is C22H21N3O4S2. The molecule has 1 aliphatic heterocycles. The highest BCUT2D eigenvalue weighted by Crippen LogP contribution is 2.22. The van der Waals surface area contributed by atoms with Gasteiger partial charge >= 0.3 is 0 Å². The number of benzene rings is 2. The molecule has 31 heavy (non-hydrogen) atoms. The summed E-state index contributed by atoms with van der Waals surface area (Å²) in [5.74, 6) is -0.381. The van der Waals surface area contributed by atoms with Crippen LogP contribution in [-0.4, -0.2) is 55.6 Å². The van der Waals surface area contributed by atoms with Crippen molar-refractivity contribution in [2.24, 2.45) is 0 Å². The van der Waals surface area contributed by atoms with Crippen LogP contribution >= 0.6 is 11.3 Å². The van der Waals surface area contributed by atoms with Gasteiger partial charge in [0.05, 0.1) is 9.77 Å². The first-order chi connectivity index (χ1) is 14.9. The van der Waals surface area contributed by atoms with Crippen molar-refractivity contribution < 1.29 is 18.0 Å². The van der Waals surface area contributed by atoms with Crippen molar-refractivity contribution in [2.75, 3.05) is 31.5 Å². The van der Waals surface area contributed by atoms with E-state index in [4.69, 9.17) is 0 Å². The van der Waals surface area contributed by atoms with Gasteiger partial charge < -0.3 is 10.2 Å². The van der Waals surface area contributed by atoms with Gasteiger partial charge in [0, 0.05) is 37.4 Å². The third-order valence-electron chi connectivity index (χ3n) is 5.02. The van der Waals surface area contributed by atoms with Crippen molar-refractivity contribution in [1.29, 1.82) is 0 Å². The molecule has 1 aliphatic rings. The van der Waals surface area contributed by atoms with Crippen molar-refractivity contribution in [3.8, 4) is 0 Å². The number of rotatable bonds is 5. The molecule has 4 rings (SSSR count). The zero-order chi connectivity index (χ0) is 21.8. The second kappa shape index (κ2) is 9.01. The molecule has 2 aromatic carbocycles. The van der Waals surface area contributed by atoms with Crippen LogP contribution in [-0.2, 0) is 10.0 Å². The molecule has 3 aromatic rings.